The van der Waals surface area contributed by atoms with Gasteiger partial charge >= 0.3 is 10.1 Å². The molecule has 1 N–H and O–H groups in total. The van der Waals surface area contributed by atoms with Crippen molar-refractivity contribution in [2.75, 3.05) is 6.61 Å². The van der Waals surface area contributed by atoms with Crippen molar-refractivity contribution in [2.24, 2.45) is 0 Å². The topological polar surface area (TPSA) is 98.5 Å². The molecule has 2 aromatic carbocycles. The molecule has 4 aromatic rings. The maximum Gasteiger partial charge on any atom is 0.304 e. The molecule has 0 unspecified atom stereocenters. The van der Waals surface area contributed by atoms with Crippen LogP contribution in [0.3, 0.4) is 0 Å². The Hall–Kier alpha value is -3.11. The van der Waals surface area contributed by atoms with Crippen molar-refractivity contribution in [1.82, 2.24) is 9.55 Å². The zero-order valence-electron chi connectivity index (χ0n) is 21.1. The van der Waals surface area contributed by atoms with Crippen LogP contribution in [0.2, 0.25) is 0 Å². The summed E-state index contributed by atoms with van der Waals surface area (Å²) in [7, 11) is -4.38. The number of ether oxygens (including phenoxy) is 1. The molecule has 0 spiro atoms. The molecule has 0 atom stereocenters. The lowest BCUT2D eigenvalue weighted by Crippen LogP contribution is -2.25. The van der Waals surface area contributed by atoms with Crippen molar-refractivity contribution in [3.8, 4) is 22.4 Å². The van der Waals surface area contributed by atoms with Crippen molar-refractivity contribution < 1.29 is 17.7 Å². The second-order valence-electron chi connectivity index (χ2n) is 8.76. The highest BCUT2D eigenvalue weighted by Crippen LogP contribution is 2.37. The molecule has 0 aliphatic carbocycles. The highest BCUT2D eigenvalue weighted by atomic mass is 32.3. The Labute approximate surface area is 221 Å². The van der Waals surface area contributed by atoms with Gasteiger partial charge in [0.15, 0.2) is 4.21 Å². The number of hydrogen-bond acceptors (Lipinski definition) is 6. The van der Waals surface area contributed by atoms with E-state index in [2.05, 4.69) is 6.92 Å². The first-order valence-corrected chi connectivity index (χ1v) is 14.4. The van der Waals surface area contributed by atoms with Gasteiger partial charge in [-0.2, -0.15) is 8.42 Å². The summed E-state index contributed by atoms with van der Waals surface area (Å²) in [6, 6.07) is 18.6. The quantitative estimate of drug-likeness (QED) is 0.259. The number of thiophene rings is 1. The van der Waals surface area contributed by atoms with E-state index in [9.17, 15) is 17.8 Å². The van der Waals surface area contributed by atoms with Gasteiger partial charge in [0, 0.05) is 35.1 Å². The van der Waals surface area contributed by atoms with Gasteiger partial charge in [-0.3, -0.25) is 13.9 Å². The summed E-state index contributed by atoms with van der Waals surface area (Å²) in [6.07, 6.45) is 1.50. The third kappa shape index (κ3) is 6.24. The normalized spacial score (nSPS) is 11.7. The maximum atomic E-state index is 13.2. The molecule has 0 saturated carbocycles. The monoisotopic (exact) mass is 538 g/mol. The Morgan fingerprint density at radius 1 is 1.03 bits per heavy atom. The van der Waals surface area contributed by atoms with Crippen LogP contribution in [0, 0.1) is 6.92 Å². The molecular weight excluding hydrogens is 508 g/mol. The van der Waals surface area contributed by atoms with E-state index in [0.717, 1.165) is 39.3 Å². The van der Waals surface area contributed by atoms with E-state index in [1.165, 1.54) is 0 Å². The predicted molar refractivity (Wildman–Crippen MR) is 147 cm³/mol. The number of hydrogen-bond donors (Lipinski definition) is 1. The Morgan fingerprint density at radius 2 is 1.78 bits per heavy atom. The lowest BCUT2D eigenvalue weighted by Gasteiger charge is -2.16. The van der Waals surface area contributed by atoms with Gasteiger partial charge in [0.1, 0.15) is 5.82 Å². The van der Waals surface area contributed by atoms with Crippen LogP contribution < -0.4 is 5.56 Å². The summed E-state index contributed by atoms with van der Waals surface area (Å²) >= 11 is 1.03. The molecule has 0 fully saturated rings. The van der Waals surface area contributed by atoms with E-state index < -0.39 is 10.1 Å². The zero-order valence-corrected chi connectivity index (χ0v) is 22.7. The van der Waals surface area contributed by atoms with Crippen LogP contribution in [-0.4, -0.2) is 29.1 Å². The molecule has 0 aliphatic heterocycles. The first kappa shape index (κ1) is 26.9. The predicted octanol–water partition coefficient (Wildman–Crippen LogP) is 5.73. The van der Waals surface area contributed by atoms with Gasteiger partial charge in [0.05, 0.1) is 18.8 Å². The van der Waals surface area contributed by atoms with Crippen molar-refractivity contribution in [2.45, 2.75) is 51.0 Å². The number of benzene rings is 2. The minimum Gasteiger partial charge on any atom is -0.377 e. The largest absolute Gasteiger partial charge is 0.377 e. The first-order chi connectivity index (χ1) is 17.7. The minimum absolute atomic E-state index is 0.0855. The van der Waals surface area contributed by atoms with Crippen LogP contribution in [0.15, 0.2) is 69.7 Å². The molecule has 194 valence electrons. The highest BCUT2D eigenvalue weighted by molar-refractivity contribution is 7.88. The first-order valence-electron chi connectivity index (χ1n) is 12.1. The third-order valence-electron chi connectivity index (χ3n) is 5.95. The van der Waals surface area contributed by atoms with E-state index in [1.807, 2.05) is 55.5 Å². The van der Waals surface area contributed by atoms with E-state index in [4.69, 9.17) is 9.72 Å². The van der Waals surface area contributed by atoms with Crippen LogP contribution in [0.25, 0.3) is 22.4 Å². The van der Waals surface area contributed by atoms with E-state index in [-0.39, 0.29) is 16.4 Å². The molecule has 2 aromatic heterocycles. The Morgan fingerprint density at radius 3 is 2.46 bits per heavy atom. The fourth-order valence-corrected chi connectivity index (χ4v) is 6.30. The highest BCUT2D eigenvalue weighted by Gasteiger charge is 2.22. The number of aryl methyl sites for hydroxylation is 2. The Kier molecular flexibility index (Phi) is 8.39. The average Bonchev–Trinajstić information content (AvgIpc) is 3.27. The third-order valence-corrected chi connectivity index (χ3v) is 8.36. The van der Waals surface area contributed by atoms with E-state index >= 15 is 0 Å². The van der Waals surface area contributed by atoms with Crippen molar-refractivity contribution in [1.29, 1.82) is 0 Å². The summed E-state index contributed by atoms with van der Waals surface area (Å²) in [4.78, 5) is 18.8. The van der Waals surface area contributed by atoms with E-state index in [1.54, 1.807) is 23.6 Å². The summed E-state index contributed by atoms with van der Waals surface area (Å²) in [5, 5.41) is 0. The van der Waals surface area contributed by atoms with Gasteiger partial charge in [0.25, 0.3) is 5.56 Å². The molecule has 0 radical (unpaired) electrons. The molecule has 9 heteroatoms. The number of nitrogens with zero attached hydrogens (tertiary/aromatic N) is 2. The Bertz CT molecular complexity index is 1560. The van der Waals surface area contributed by atoms with Gasteiger partial charge < -0.3 is 4.74 Å². The fourth-order valence-electron chi connectivity index (χ4n) is 4.29. The van der Waals surface area contributed by atoms with Gasteiger partial charge in [-0.05, 0) is 43.0 Å². The van der Waals surface area contributed by atoms with Crippen molar-refractivity contribution >= 4 is 21.5 Å². The fraction of sp³-hybridized carbons (Fsp3) is 0.286. The van der Waals surface area contributed by atoms with Crippen LogP contribution in [0.1, 0.15) is 42.1 Å². The molecule has 7 nitrogen and oxygen atoms in total. The van der Waals surface area contributed by atoms with Gasteiger partial charge in [-0.15, -0.1) is 11.3 Å². The lowest BCUT2D eigenvalue weighted by molar-refractivity contribution is 0.134. The molecule has 0 saturated heterocycles. The smallest absolute Gasteiger partial charge is 0.304 e. The molecule has 0 aliphatic rings. The number of rotatable bonds is 10. The average molecular weight is 539 g/mol. The van der Waals surface area contributed by atoms with Crippen LogP contribution in [0.5, 0.6) is 0 Å². The second kappa shape index (κ2) is 11.5. The molecular formula is C28H30N2O5S2. The lowest BCUT2D eigenvalue weighted by atomic mass is 9.99. The SMILES string of the molecule is CCCc1nc(-c2ccccc2)cc(=O)n1Cc1ccc(-c2cc(C)sc2S(=O)(=O)O)c(COCC)c1. The second-order valence-corrected chi connectivity index (χ2v) is 11.6. The molecule has 37 heavy (non-hydrogen) atoms. The molecule has 0 bridgehead atoms. The molecule has 0 amide bonds. The number of aromatic nitrogens is 2. The summed E-state index contributed by atoms with van der Waals surface area (Å²) in [6.45, 7) is 6.81. The van der Waals surface area contributed by atoms with Crippen LogP contribution in [0.4, 0.5) is 0 Å². The summed E-state index contributed by atoms with van der Waals surface area (Å²) in [5.74, 6) is 0.714. The van der Waals surface area contributed by atoms with E-state index in [0.29, 0.717) is 42.2 Å². The minimum atomic E-state index is -4.38. The zero-order chi connectivity index (χ0) is 26.6. The summed E-state index contributed by atoms with van der Waals surface area (Å²) < 4.78 is 41.1. The Balaban J connectivity index is 1.77. The maximum absolute atomic E-state index is 13.2. The summed E-state index contributed by atoms with van der Waals surface area (Å²) in [5.41, 5.74) is 4.19. The van der Waals surface area contributed by atoms with Crippen LogP contribution >= 0.6 is 11.3 Å². The van der Waals surface area contributed by atoms with Gasteiger partial charge in [0.2, 0.25) is 0 Å². The van der Waals surface area contributed by atoms with Crippen molar-refractivity contribution in [3.05, 3.63) is 92.8 Å². The molecule has 4 rings (SSSR count). The van der Waals surface area contributed by atoms with Gasteiger partial charge in [-0.1, -0.05) is 55.5 Å². The molecule has 2 heterocycles. The van der Waals surface area contributed by atoms with Gasteiger partial charge in [-0.25, -0.2) is 4.98 Å². The van der Waals surface area contributed by atoms with Crippen molar-refractivity contribution in [3.63, 3.8) is 0 Å². The van der Waals surface area contributed by atoms with Crippen LogP contribution in [-0.2, 0) is 34.4 Å². The standard InChI is InChI=1S/C28H30N2O5S2/c1-4-9-26-29-25(21-10-7-6-8-11-21)16-27(31)30(26)17-20-12-13-23(22(15-20)18-35-5-2)24-14-19(3)36-28(24)37(32,33)34/h6-8,10-16H,4-5,9,17-18H2,1-3H3,(H,32,33,34).